The summed E-state index contributed by atoms with van der Waals surface area (Å²) in [4.78, 5) is 4.44. The number of aromatic nitrogens is 1. The van der Waals surface area contributed by atoms with Crippen molar-refractivity contribution in [1.82, 2.24) is 10.3 Å². The van der Waals surface area contributed by atoms with Crippen LogP contribution in [0.3, 0.4) is 0 Å². The second-order valence-electron chi connectivity index (χ2n) is 4.67. The maximum absolute atomic E-state index is 6.29. The van der Waals surface area contributed by atoms with Gasteiger partial charge in [0.2, 0.25) is 0 Å². The number of hydrogen-bond acceptors (Lipinski definition) is 2. The van der Waals surface area contributed by atoms with Crippen LogP contribution in [0.5, 0.6) is 0 Å². The summed E-state index contributed by atoms with van der Waals surface area (Å²) in [7, 11) is 0. The van der Waals surface area contributed by atoms with E-state index in [4.69, 9.17) is 11.6 Å². The van der Waals surface area contributed by atoms with Crippen LogP contribution >= 0.6 is 11.6 Å². The van der Waals surface area contributed by atoms with Gasteiger partial charge >= 0.3 is 0 Å². The molecule has 0 fully saturated rings. The van der Waals surface area contributed by atoms with E-state index in [-0.39, 0.29) is 6.04 Å². The number of aryl methyl sites for hydroxylation is 1. The van der Waals surface area contributed by atoms with E-state index in [1.807, 2.05) is 12.1 Å². The SMILES string of the molecule is CCCNC(c1cccc(C)c1)c1ncccc1Cl. The zero-order valence-electron chi connectivity index (χ0n) is 11.4. The molecule has 0 aliphatic rings. The Labute approximate surface area is 119 Å². The summed E-state index contributed by atoms with van der Waals surface area (Å²) in [5.74, 6) is 0. The van der Waals surface area contributed by atoms with Gasteiger partial charge in [-0.1, -0.05) is 48.4 Å². The molecular weight excluding hydrogens is 256 g/mol. The Bertz CT molecular complexity index is 540. The Morgan fingerprint density at radius 3 is 2.79 bits per heavy atom. The number of rotatable bonds is 5. The summed E-state index contributed by atoms with van der Waals surface area (Å²) in [6, 6.07) is 12.3. The minimum absolute atomic E-state index is 0.0496. The Morgan fingerprint density at radius 2 is 2.11 bits per heavy atom. The smallest absolute Gasteiger partial charge is 0.0804 e. The highest BCUT2D eigenvalue weighted by Crippen LogP contribution is 2.26. The Hall–Kier alpha value is -1.38. The van der Waals surface area contributed by atoms with Gasteiger partial charge in [-0.05, 0) is 37.6 Å². The minimum Gasteiger partial charge on any atom is -0.305 e. The van der Waals surface area contributed by atoms with Crippen molar-refractivity contribution >= 4 is 11.6 Å². The molecule has 2 rings (SSSR count). The standard InChI is InChI=1S/C16H19ClN2/c1-3-9-18-15(13-7-4-6-12(2)11-13)16-14(17)8-5-10-19-16/h4-8,10-11,15,18H,3,9H2,1-2H3. The van der Waals surface area contributed by atoms with Crippen molar-refractivity contribution in [2.24, 2.45) is 0 Å². The Morgan fingerprint density at radius 1 is 1.26 bits per heavy atom. The van der Waals surface area contributed by atoms with Gasteiger partial charge < -0.3 is 5.32 Å². The largest absolute Gasteiger partial charge is 0.305 e. The van der Waals surface area contributed by atoms with Gasteiger partial charge in [-0.3, -0.25) is 4.98 Å². The van der Waals surface area contributed by atoms with Crippen LogP contribution in [0.25, 0.3) is 0 Å². The van der Waals surface area contributed by atoms with E-state index in [9.17, 15) is 0 Å². The molecule has 19 heavy (non-hydrogen) atoms. The van der Waals surface area contributed by atoms with Crippen LogP contribution in [-0.2, 0) is 0 Å². The van der Waals surface area contributed by atoms with E-state index in [0.717, 1.165) is 18.7 Å². The summed E-state index contributed by atoms with van der Waals surface area (Å²) in [6.07, 6.45) is 2.87. The fraction of sp³-hybridized carbons (Fsp3) is 0.312. The number of nitrogens with one attached hydrogen (secondary N) is 1. The summed E-state index contributed by atoms with van der Waals surface area (Å²) < 4.78 is 0. The third-order valence-corrected chi connectivity index (χ3v) is 3.35. The highest BCUT2D eigenvalue weighted by Gasteiger charge is 2.17. The lowest BCUT2D eigenvalue weighted by atomic mass is 10.0. The average molecular weight is 275 g/mol. The van der Waals surface area contributed by atoms with Crippen LogP contribution < -0.4 is 5.32 Å². The lowest BCUT2D eigenvalue weighted by Gasteiger charge is -2.20. The van der Waals surface area contributed by atoms with Crippen molar-refractivity contribution in [1.29, 1.82) is 0 Å². The molecule has 2 nitrogen and oxygen atoms in total. The van der Waals surface area contributed by atoms with Gasteiger partial charge in [0.1, 0.15) is 0 Å². The summed E-state index contributed by atoms with van der Waals surface area (Å²) in [5.41, 5.74) is 3.34. The Kier molecular flexibility index (Phi) is 4.94. The molecule has 3 heteroatoms. The van der Waals surface area contributed by atoms with Crippen molar-refractivity contribution in [3.8, 4) is 0 Å². The molecule has 1 N–H and O–H groups in total. The third kappa shape index (κ3) is 3.55. The predicted molar refractivity (Wildman–Crippen MR) is 80.6 cm³/mol. The molecule has 1 aromatic heterocycles. The lowest BCUT2D eigenvalue weighted by Crippen LogP contribution is -2.24. The maximum Gasteiger partial charge on any atom is 0.0804 e. The van der Waals surface area contributed by atoms with Gasteiger partial charge in [0.05, 0.1) is 16.8 Å². The van der Waals surface area contributed by atoms with Crippen molar-refractivity contribution < 1.29 is 0 Å². The van der Waals surface area contributed by atoms with Gasteiger partial charge in [0.25, 0.3) is 0 Å². The zero-order valence-corrected chi connectivity index (χ0v) is 12.1. The van der Waals surface area contributed by atoms with Gasteiger partial charge in [0, 0.05) is 6.20 Å². The molecule has 1 unspecified atom stereocenters. The first kappa shape index (κ1) is 14.0. The molecule has 1 heterocycles. The maximum atomic E-state index is 6.29. The van der Waals surface area contributed by atoms with Crippen LogP contribution in [-0.4, -0.2) is 11.5 Å². The molecule has 0 saturated heterocycles. The topological polar surface area (TPSA) is 24.9 Å². The van der Waals surface area contributed by atoms with E-state index in [0.29, 0.717) is 5.02 Å². The zero-order chi connectivity index (χ0) is 13.7. The van der Waals surface area contributed by atoms with Crippen LogP contribution in [0.15, 0.2) is 42.6 Å². The third-order valence-electron chi connectivity index (χ3n) is 3.03. The predicted octanol–water partition coefficient (Wildman–Crippen LogP) is 4.13. The minimum atomic E-state index is 0.0496. The summed E-state index contributed by atoms with van der Waals surface area (Å²) in [6.45, 7) is 5.19. The quantitative estimate of drug-likeness (QED) is 0.887. The van der Waals surface area contributed by atoms with E-state index in [1.54, 1.807) is 6.20 Å². The number of pyridine rings is 1. The molecule has 1 aromatic carbocycles. The molecular formula is C16H19ClN2. The number of halogens is 1. The van der Waals surface area contributed by atoms with Gasteiger partial charge in [-0.2, -0.15) is 0 Å². The highest BCUT2D eigenvalue weighted by atomic mass is 35.5. The average Bonchev–Trinajstić information content (AvgIpc) is 2.41. The fourth-order valence-corrected chi connectivity index (χ4v) is 2.35. The monoisotopic (exact) mass is 274 g/mol. The fourth-order valence-electron chi connectivity index (χ4n) is 2.12. The van der Waals surface area contributed by atoms with Crippen LogP contribution in [0.2, 0.25) is 5.02 Å². The number of hydrogen-bond donors (Lipinski definition) is 1. The van der Waals surface area contributed by atoms with Crippen molar-refractivity contribution in [3.63, 3.8) is 0 Å². The molecule has 2 aromatic rings. The van der Waals surface area contributed by atoms with Crippen molar-refractivity contribution in [2.45, 2.75) is 26.3 Å². The summed E-state index contributed by atoms with van der Waals surface area (Å²) in [5, 5.41) is 4.23. The van der Waals surface area contributed by atoms with Crippen LogP contribution in [0, 0.1) is 6.92 Å². The van der Waals surface area contributed by atoms with E-state index in [2.05, 4.69) is 48.4 Å². The number of benzene rings is 1. The van der Waals surface area contributed by atoms with E-state index in [1.165, 1.54) is 11.1 Å². The summed E-state index contributed by atoms with van der Waals surface area (Å²) >= 11 is 6.29. The first-order valence-electron chi connectivity index (χ1n) is 6.62. The molecule has 0 saturated carbocycles. The molecule has 0 aliphatic carbocycles. The molecule has 0 spiro atoms. The lowest BCUT2D eigenvalue weighted by molar-refractivity contribution is 0.586. The molecule has 0 aliphatic heterocycles. The Balaban J connectivity index is 2.38. The molecule has 0 radical (unpaired) electrons. The van der Waals surface area contributed by atoms with E-state index >= 15 is 0 Å². The normalized spacial score (nSPS) is 12.4. The van der Waals surface area contributed by atoms with Crippen molar-refractivity contribution in [3.05, 3.63) is 64.4 Å². The molecule has 1 atom stereocenters. The van der Waals surface area contributed by atoms with Crippen molar-refractivity contribution in [2.75, 3.05) is 6.54 Å². The first-order chi connectivity index (χ1) is 9.22. The molecule has 100 valence electrons. The highest BCUT2D eigenvalue weighted by molar-refractivity contribution is 6.31. The second kappa shape index (κ2) is 6.69. The first-order valence-corrected chi connectivity index (χ1v) is 7.00. The number of nitrogens with zero attached hydrogens (tertiary/aromatic N) is 1. The van der Waals surface area contributed by atoms with Gasteiger partial charge in [-0.25, -0.2) is 0 Å². The van der Waals surface area contributed by atoms with Crippen LogP contribution in [0.4, 0.5) is 0 Å². The van der Waals surface area contributed by atoms with Gasteiger partial charge in [-0.15, -0.1) is 0 Å². The van der Waals surface area contributed by atoms with Crippen LogP contribution in [0.1, 0.15) is 36.2 Å². The molecule has 0 amide bonds. The van der Waals surface area contributed by atoms with E-state index < -0.39 is 0 Å². The molecule has 0 bridgehead atoms. The van der Waals surface area contributed by atoms with Gasteiger partial charge in [0.15, 0.2) is 0 Å². The second-order valence-corrected chi connectivity index (χ2v) is 5.08.